The molecule has 1 aliphatic heterocycles. The van der Waals surface area contributed by atoms with Gasteiger partial charge in [0.25, 0.3) is 5.89 Å². The summed E-state index contributed by atoms with van der Waals surface area (Å²) in [6, 6.07) is 0. The van der Waals surface area contributed by atoms with E-state index in [1.165, 1.54) is 19.3 Å². The molecule has 6 heteroatoms. The third-order valence-corrected chi connectivity index (χ3v) is 4.80. The lowest BCUT2D eigenvalue weighted by Crippen LogP contribution is -2.43. The highest BCUT2D eigenvalue weighted by Crippen LogP contribution is 2.30. The van der Waals surface area contributed by atoms with Gasteiger partial charge in [-0.25, -0.2) is 0 Å². The molecular weight excluding hydrogens is 282 g/mol. The summed E-state index contributed by atoms with van der Waals surface area (Å²) in [7, 11) is 1.61. The van der Waals surface area contributed by atoms with Crippen LogP contribution in [0.3, 0.4) is 0 Å². The van der Waals surface area contributed by atoms with E-state index in [0.29, 0.717) is 24.2 Å². The maximum Gasteiger partial charge on any atom is 0.252 e. The van der Waals surface area contributed by atoms with E-state index in [4.69, 9.17) is 9.26 Å². The molecule has 2 fully saturated rings. The number of piperidine rings is 1. The Labute approximate surface area is 131 Å². The Morgan fingerprint density at radius 1 is 1.27 bits per heavy atom. The number of nitrogens with zero attached hydrogens (tertiary/aromatic N) is 3. The molecule has 3 rings (SSSR count). The van der Waals surface area contributed by atoms with Crippen LogP contribution in [0, 0.1) is 5.92 Å². The lowest BCUT2D eigenvalue weighted by molar-refractivity contribution is -0.137. The molecule has 2 heterocycles. The summed E-state index contributed by atoms with van der Waals surface area (Å²) in [5, 5.41) is 4.06. The smallest absolute Gasteiger partial charge is 0.252 e. The van der Waals surface area contributed by atoms with Crippen molar-refractivity contribution in [2.75, 3.05) is 20.2 Å². The molecule has 2 aliphatic rings. The summed E-state index contributed by atoms with van der Waals surface area (Å²) >= 11 is 0. The van der Waals surface area contributed by atoms with Crippen LogP contribution in [0.2, 0.25) is 0 Å². The van der Waals surface area contributed by atoms with Gasteiger partial charge >= 0.3 is 0 Å². The van der Waals surface area contributed by atoms with Crippen molar-refractivity contribution in [1.29, 1.82) is 0 Å². The normalized spacial score (nSPS) is 23.7. The van der Waals surface area contributed by atoms with E-state index < -0.39 is 0 Å². The average Bonchev–Trinajstić information content (AvgIpc) is 3.04. The van der Waals surface area contributed by atoms with Gasteiger partial charge in [-0.3, -0.25) is 4.79 Å². The van der Waals surface area contributed by atoms with Gasteiger partial charge in [-0.1, -0.05) is 24.4 Å². The molecular formula is C16H25N3O3. The summed E-state index contributed by atoms with van der Waals surface area (Å²) < 4.78 is 10.2. The molecule has 1 saturated carbocycles. The fourth-order valence-electron chi connectivity index (χ4n) is 3.61. The Kier molecular flexibility index (Phi) is 5.08. The monoisotopic (exact) mass is 307 g/mol. The molecule has 122 valence electrons. The van der Waals surface area contributed by atoms with E-state index in [-0.39, 0.29) is 11.8 Å². The molecule has 0 radical (unpaired) electrons. The number of carbonyl (C=O) groups is 1. The highest BCUT2D eigenvalue weighted by Gasteiger charge is 2.31. The van der Waals surface area contributed by atoms with Crippen molar-refractivity contribution >= 4 is 5.91 Å². The van der Waals surface area contributed by atoms with Gasteiger partial charge in [0, 0.05) is 32.0 Å². The van der Waals surface area contributed by atoms with Gasteiger partial charge in [0.2, 0.25) is 5.91 Å². The fraction of sp³-hybridized carbons (Fsp3) is 0.812. The first-order valence-corrected chi connectivity index (χ1v) is 8.38. The standard InChI is InChI=1S/C16H25N3O3/c1-21-11-14-17-15(18-22-14)13-8-5-9-19(10-13)16(20)12-6-3-2-4-7-12/h12-13H,2-11H2,1H3. The van der Waals surface area contributed by atoms with Crippen LogP contribution in [-0.2, 0) is 16.1 Å². The maximum atomic E-state index is 12.7. The molecule has 1 unspecified atom stereocenters. The lowest BCUT2D eigenvalue weighted by atomic mass is 9.87. The van der Waals surface area contributed by atoms with Gasteiger partial charge in [0.1, 0.15) is 6.61 Å². The number of ether oxygens (including phenoxy) is 1. The summed E-state index contributed by atoms with van der Waals surface area (Å²) in [5.74, 6) is 1.99. The highest BCUT2D eigenvalue weighted by atomic mass is 16.5. The zero-order chi connectivity index (χ0) is 15.4. The number of hydrogen-bond acceptors (Lipinski definition) is 5. The fourth-order valence-corrected chi connectivity index (χ4v) is 3.61. The SMILES string of the molecule is COCc1nc(C2CCCN(C(=O)C3CCCCC3)C2)no1. The first kappa shape index (κ1) is 15.5. The van der Waals surface area contributed by atoms with Gasteiger partial charge in [-0.15, -0.1) is 0 Å². The average molecular weight is 307 g/mol. The van der Waals surface area contributed by atoms with E-state index in [1.807, 2.05) is 4.90 Å². The number of hydrogen-bond donors (Lipinski definition) is 0. The van der Waals surface area contributed by atoms with Gasteiger partial charge in [0.15, 0.2) is 5.82 Å². The zero-order valence-corrected chi connectivity index (χ0v) is 13.3. The minimum Gasteiger partial charge on any atom is -0.375 e. The van der Waals surface area contributed by atoms with Crippen LogP contribution in [0.4, 0.5) is 0 Å². The Morgan fingerprint density at radius 2 is 2.09 bits per heavy atom. The summed E-state index contributed by atoms with van der Waals surface area (Å²) in [5.41, 5.74) is 0. The molecule has 0 N–H and O–H groups in total. The van der Waals surface area contributed by atoms with Crippen molar-refractivity contribution in [2.24, 2.45) is 5.92 Å². The Morgan fingerprint density at radius 3 is 2.86 bits per heavy atom. The van der Waals surface area contributed by atoms with Crippen LogP contribution in [0.25, 0.3) is 0 Å². The van der Waals surface area contributed by atoms with Crippen LogP contribution >= 0.6 is 0 Å². The number of methoxy groups -OCH3 is 1. The van der Waals surface area contributed by atoms with Gasteiger partial charge in [-0.05, 0) is 25.7 Å². The quantitative estimate of drug-likeness (QED) is 0.855. The number of likely N-dealkylation sites (tertiary alicyclic amines) is 1. The highest BCUT2D eigenvalue weighted by molar-refractivity contribution is 5.79. The van der Waals surface area contributed by atoms with E-state index in [1.54, 1.807) is 7.11 Å². The Hall–Kier alpha value is -1.43. The predicted molar refractivity (Wildman–Crippen MR) is 80.1 cm³/mol. The van der Waals surface area contributed by atoms with Crippen LogP contribution in [-0.4, -0.2) is 41.1 Å². The molecule has 1 atom stereocenters. The summed E-state index contributed by atoms with van der Waals surface area (Å²) in [4.78, 5) is 19.1. The molecule has 1 saturated heterocycles. The number of aromatic nitrogens is 2. The van der Waals surface area contributed by atoms with Crippen molar-refractivity contribution in [1.82, 2.24) is 15.0 Å². The molecule has 0 spiro atoms. The van der Waals surface area contributed by atoms with E-state index in [0.717, 1.165) is 38.8 Å². The molecule has 6 nitrogen and oxygen atoms in total. The topological polar surface area (TPSA) is 68.5 Å². The summed E-state index contributed by atoms with van der Waals surface area (Å²) in [6.45, 7) is 1.93. The summed E-state index contributed by atoms with van der Waals surface area (Å²) in [6.07, 6.45) is 7.80. The maximum absolute atomic E-state index is 12.7. The largest absolute Gasteiger partial charge is 0.375 e. The lowest BCUT2D eigenvalue weighted by Gasteiger charge is -2.34. The second-order valence-electron chi connectivity index (χ2n) is 6.44. The predicted octanol–water partition coefficient (Wildman–Crippen LogP) is 2.50. The van der Waals surface area contributed by atoms with Crippen LogP contribution in [0.5, 0.6) is 0 Å². The number of rotatable bonds is 4. The van der Waals surface area contributed by atoms with Crippen molar-refractivity contribution in [3.63, 3.8) is 0 Å². The Balaban J connectivity index is 1.61. The minimum atomic E-state index is 0.190. The minimum absolute atomic E-state index is 0.190. The van der Waals surface area contributed by atoms with Crippen LogP contribution < -0.4 is 0 Å². The molecule has 1 amide bonds. The van der Waals surface area contributed by atoms with Crippen molar-refractivity contribution in [2.45, 2.75) is 57.5 Å². The van der Waals surface area contributed by atoms with E-state index >= 15 is 0 Å². The zero-order valence-electron chi connectivity index (χ0n) is 13.3. The van der Waals surface area contributed by atoms with E-state index in [9.17, 15) is 4.79 Å². The number of carbonyl (C=O) groups excluding carboxylic acids is 1. The second-order valence-corrected chi connectivity index (χ2v) is 6.44. The number of amides is 1. The molecule has 1 aromatic heterocycles. The first-order chi connectivity index (χ1) is 10.8. The van der Waals surface area contributed by atoms with Crippen molar-refractivity contribution in [3.05, 3.63) is 11.7 Å². The van der Waals surface area contributed by atoms with Gasteiger partial charge in [-0.2, -0.15) is 4.98 Å². The Bertz CT molecular complexity index is 497. The molecule has 1 aromatic rings. The molecule has 0 bridgehead atoms. The molecule has 1 aliphatic carbocycles. The van der Waals surface area contributed by atoms with Crippen molar-refractivity contribution in [3.8, 4) is 0 Å². The molecule has 0 aromatic carbocycles. The third kappa shape index (κ3) is 3.48. The first-order valence-electron chi connectivity index (χ1n) is 8.38. The van der Waals surface area contributed by atoms with E-state index in [2.05, 4.69) is 10.1 Å². The molecule has 22 heavy (non-hydrogen) atoms. The van der Waals surface area contributed by atoms with Gasteiger partial charge in [0.05, 0.1) is 0 Å². The van der Waals surface area contributed by atoms with Crippen LogP contribution in [0.1, 0.15) is 62.6 Å². The third-order valence-electron chi connectivity index (χ3n) is 4.80. The van der Waals surface area contributed by atoms with Crippen LogP contribution in [0.15, 0.2) is 4.52 Å². The van der Waals surface area contributed by atoms with Gasteiger partial charge < -0.3 is 14.2 Å². The van der Waals surface area contributed by atoms with Crippen molar-refractivity contribution < 1.29 is 14.1 Å². The second kappa shape index (κ2) is 7.22.